The summed E-state index contributed by atoms with van der Waals surface area (Å²) in [5.41, 5.74) is 0.914. The Morgan fingerprint density at radius 1 is 1.18 bits per heavy atom. The van der Waals surface area contributed by atoms with E-state index in [2.05, 4.69) is 25.6 Å². The van der Waals surface area contributed by atoms with E-state index in [1.54, 1.807) is 6.07 Å². The number of ether oxygens (including phenoxy) is 1. The largest absolute Gasteiger partial charge is 0.573 e. The van der Waals surface area contributed by atoms with Gasteiger partial charge in [-0.2, -0.15) is 0 Å². The molecule has 1 fully saturated rings. The lowest BCUT2D eigenvalue weighted by Crippen LogP contribution is -2.19. The van der Waals surface area contributed by atoms with Crippen molar-refractivity contribution in [1.29, 1.82) is 0 Å². The third-order valence-corrected chi connectivity index (χ3v) is 3.23. The molecule has 2 rings (SSSR count). The predicted molar refractivity (Wildman–Crippen MR) is 62.3 cm³/mol. The van der Waals surface area contributed by atoms with Crippen molar-refractivity contribution in [2.75, 3.05) is 18.0 Å². The normalized spacial score (nSPS) is 16.4. The Morgan fingerprint density at radius 3 is 2.35 bits per heavy atom. The van der Waals surface area contributed by atoms with Gasteiger partial charge in [0.15, 0.2) is 0 Å². The molecule has 1 heterocycles. The van der Waals surface area contributed by atoms with E-state index in [1.165, 1.54) is 12.1 Å². The first-order valence-corrected chi connectivity index (χ1v) is 6.05. The first-order chi connectivity index (χ1) is 7.96. The van der Waals surface area contributed by atoms with Gasteiger partial charge in [-0.25, -0.2) is 0 Å². The second-order valence-electron chi connectivity index (χ2n) is 3.86. The molecule has 1 aromatic rings. The van der Waals surface area contributed by atoms with E-state index in [4.69, 9.17) is 0 Å². The fourth-order valence-corrected chi connectivity index (χ4v) is 2.51. The number of halogens is 4. The standard InChI is InChI=1S/C11H11BrF3NO/c12-9-7-8(17-11(13,14)15)3-4-10(9)16-5-1-2-6-16/h3-4,7H,1-2,5-6H2. The molecule has 0 radical (unpaired) electrons. The van der Waals surface area contributed by atoms with Crippen LogP contribution in [0.1, 0.15) is 12.8 Å². The van der Waals surface area contributed by atoms with E-state index >= 15 is 0 Å². The number of alkyl halides is 3. The highest BCUT2D eigenvalue weighted by atomic mass is 79.9. The van der Waals surface area contributed by atoms with Crippen LogP contribution in [0.4, 0.5) is 18.9 Å². The Bertz CT molecular complexity index is 402. The van der Waals surface area contributed by atoms with Crippen molar-refractivity contribution in [3.63, 3.8) is 0 Å². The summed E-state index contributed by atoms with van der Waals surface area (Å²) in [6.07, 6.45) is -2.41. The smallest absolute Gasteiger partial charge is 0.406 e. The molecule has 2 nitrogen and oxygen atoms in total. The highest BCUT2D eigenvalue weighted by Gasteiger charge is 2.31. The molecular weight excluding hydrogens is 299 g/mol. The fourth-order valence-electron chi connectivity index (χ4n) is 1.90. The van der Waals surface area contributed by atoms with E-state index in [9.17, 15) is 13.2 Å². The summed E-state index contributed by atoms with van der Waals surface area (Å²) >= 11 is 3.28. The van der Waals surface area contributed by atoms with Gasteiger partial charge < -0.3 is 9.64 Å². The average molecular weight is 310 g/mol. The summed E-state index contributed by atoms with van der Waals surface area (Å²) in [7, 11) is 0. The van der Waals surface area contributed by atoms with Gasteiger partial charge in [0, 0.05) is 17.6 Å². The Hall–Kier alpha value is -0.910. The lowest BCUT2D eigenvalue weighted by molar-refractivity contribution is -0.274. The summed E-state index contributed by atoms with van der Waals surface area (Å²) in [6, 6.07) is 4.34. The minimum absolute atomic E-state index is 0.202. The monoisotopic (exact) mass is 309 g/mol. The van der Waals surface area contributed by atoms with E-state index in [0.717, 1.165) is 31.6 Å². The molecule has 1 aromatic carbocycles. The molecule has 0 bridgehead atoms. The number of rotatable bonds is 2. The molecule has 0 aliphatic carbocycles. The molecule has 0 N–H and O–H groups in total. The van der Waals surface area contributed by atoms with Gasteiger partial charge in [0.25, 0.3) is 0 Å². The molecule has 17 heavy (non-hydrogen) atoms. The third kappa shape index (κ3) is 3.28. The Kier molecular flexibility index (Phi) is 3.51. The average Bonchev–Trinajstić information content (AvgIpc) is 2.68. The predicted octanol–water partition coefficient (Wildman–Crippen LogP) is 3.95. The van der Waals surface area contributed by atoms with Crippen molar-refractivity contribution < 1.29 is 17.9 Å². The minimum atomic E-state index is -4.64. The highest BCUT2D eigenvalue weighted by Crippen LogP contribution is 2.34. The first kappa shape index (κ1) is 12.5. The molecule has 0 unspecified atom stereocenters. The molecule has 94 valence electrons. The van der Waals surface area contributed by atoms with E-state index in [-0.39, 0.29) is 5.75 Å². The third-order valence-electron chi connectivity index (χ3n) is 2.60. The SMILES string of the molecule is FC(F)(F)Oc1ccc(N2CCCC2)c(Br)c1. The van der Waals surface area contributed by atoms with Crippen LogP contribution in [0.15, 0.2) is 22.7 Å². The van der Waals surface area contributed by atoms with Gasteiger partial charge in [0.1, 0.15) is 5.75 Å². The lowest BCUT2D eigenvalue weighted by atomic mass is 10.3. The van der Waals surface area contributed by atoms with Crippen LogP contribution in [0, 0.1) is 0 Å². The summed E-state index contributed by atoms with van der Waals surface area (Å²) in [6.45, 7) is 1.89. The summed E-state index contributed by atoms with van der Waals surface area (Å²) in [5, 5.41) is 0. The zero-order chi connectivity index (χ0) is 12.5. The van der Waals surface area contributed by atoms with Gasteiger partial charge in [-0.15, -0.1) is 13.2 Å². The topological polar surface area (TPSA) is 12.5 Å². The van der Waals surface area contributed by atoms with Crippen LogP contribution >= 0.6 is 15.9 Å². The molecule has 0 spiro atoms. The maximum absolute atomic E-state index is 12.0. The van der Waals surface area contributed by atoms with Crippen LogP contribution in [0.2, 0.25) is 0 Å². The van der Waals surface area contributed by atoms with Crippen LogP contribution < -0.4 is 9.64 Å². The Labute approximate surface area is 105 Å². The number of hydrogen-bond donors (Lipinski definition) is 0. The van der Waals surface area contributed by atoms with Gasteiger partial charge in [-0.1, -0.05) is 0 Å². The minimum Gasteiger partial charge on any atom is -0.406 e. The molecular formula is C11H11BrF3NO. The second kappa shape index (κ2) is 4.76. The molecule has 0 saturated carbocycles. The van der Waals surface area contributed by atoms with Crippen molar-refractivity contribution in [3.05, 3.63) is 22.7 Å². The molecule has 1 aliphatic rings. The maximum Gasteiger partial charge on any atom is 0.573 e. The van der Waals surface area contributed by atoms with Gasteiger partial charge in [-0.3, -0.25) is 0 Å². The van der Waals surface area contributed by atoms with Gasteiger partial charge in [0.05, 0.1) is 5.69 Å². The van der Waals surface area contributed by atoms with Crippen molar-refractivity contribution in [3.8, 4) is 5.75 Å². The van der Waals surface area contributed by atoms with Gasteiger partial charge in [-0.05, 0) is 47.0 Å². The van der Waals surface area contributed by atoms with Crippen molar-refractivity contribution in [2.45, 2.75) is 19.2 Å². The summed E-state index contributed by atoms with van der Waals surface area (Å²) in [4.78, 5) is 2.14. The molecule has 0 atom stereocenters. The summed E-state index contributed by atoms with van der Waals surface area (Å²) in [5.74, 6) is -0.202. The molecule has 0 amide bonds. The molecule has 1 saturated heterocycles. The Balaban J connectivity index is 2.16. The second-order valence-corrected chi connectivity index (χ2v) is 4.71. The number of benzene rings is 1. The quantitative estimate of drug-likeness (QED) is 0.820. The van der Waals surface area contributed by atoms with Crippen LogP contribution in [0.25, 0.3) is 0 Å². The highest BCUT2D eigenvalue weighted by molar-refractivity contribution is 9.10. The van der Waals surface area contributed by atoms with E-state index in [0.29, 0.717) is 4.47 Å². The molecule has 1 aliphatic heterocycles. The van der Waals surface area contributed by atoms with Gasteiger partial charge in [0.2, 0.25) is 0 Å². The Morgan fingerprint density at radius 2 is 1.82 bits per heavy atom. The summed E-state index contributed by atoms with van der Waals surface area (Å²) < 4.78 is 40.6. The van der Waals surface area contributed by atoms with Crippen molar-refractivity contribution in [2.24, 2.45) is 0 Å². The van der Waals surface area contributed by atoms with Gasteiger partial charge >= 0.3 is 6.36 Å². The first-order valence-electron chi connectivity index (χ1n) is 5.26. The van der Waals surface area contributed by atoms with Crippen LogP contribution in [0.3, 0.4) is 0 Å². The van der Waals surface area contributed by atoms with Crippen molar-refractivity contribution in [1.82, 2.24) is 0 Å². The number of hydrogen-bond acceptors (Lipinski definition) is 2. The van der Waals surface area contributed by atoms with Crippen LogP contribution in [-0.2, 0) is 0 Å². The zero-order valence-corrected chi connectivity index (χ0v) is 10.5. The van der Waals surface area contributed by atoms with E-state index < -0.39 is 6.36 Å². The van der Waals surface area contributed by atoms with E-state index in [1.807, 2.05) is 0 Å². The zero-order valence-electron chi connectivity index (χ0n) is 8.93. The molecule has 0 aromatic heterocycles. The fraction of sp³-hybridized carbons (Fsp3) is 0.455. The number of anilines is 1. The van der Waals surface area contributed by atoms with Crippen LogP contribution in [-0.4, -0.2) is 19.5 Å². The number of nitrogens with zero attached hydrogens (tertiary/aromatic N) is 1. The van der Waals surface area contributed by atoms with Crippen LogP contribution in [0.5, 0.6) is 5.75 Å². The molecule has 6 heteroatoms. The maximum atomic E-state index is 12.0. The lowest BCUT2D eigenvalue weighted by Gasteiger charge is -2.20. The van der Waals surface area contributed by atoms with Crippen molar-refractivity contribution >= 4 is 21.6 Å².